The Kier molecular flexibility index (Phi) is 0.780. The van der Waals surface area contributed by atoms with Crippen LogP contribution in [0.1, 0.15) is 5.82 Å². The molecule has 0 N–H and O–H groups in total. The molecule has 0 aromatic carbocycles. The fraction of sp³-hybridized carbons (Fsp3) is 0.333. The van der Waals surface area contributed by atoms with Crippen LogP contribution in [0.15, 0.2) is 0 Å². The van der Waals surface area contributed by atoms with Gasteiger partial charge in [0, 0.05) is 0 Å². The second-order valence-electron chi connectivity index (χ2n) is 1.21. The molecular formula is C3H5N4. The Morgan fingerprint density at radius 1 is 1.71 bits per heavy atom. The predicted molar refractivity (Wildman–Crippen MR) is 23.3 cm³/mol. The molecule has 1 aromatic rings. The van der Waals surface area contributed by atoms with Crippen molar-refractivity contribution in [1.82, 2.24) is 20.2 Å². The van der Waals surface area contributed by atoms with E-state index < -0.39 is 0 Å². The lowest BCUT2D eigenvalue weighted by molar-refractivity contribution is 0.713. The summed E-state index contributed by atoms with van der Waals surface area (Å²) in [5.41, 5.74) is 0. The van der Waals surface area contributed by atoms with E-state index in [0.717, 1.165) is 0 Å². The molecule has 0 spiro atoms. The van der Waals surface area contributed by atoms with Crippen molar-refractivity contribution in [2.24, 2.45) is 0 Å². The predicted octanol–water partition coefficient (Wildman–Crippen LogP) is -0.379. The maximum Gasteiger partial charge on any atom is 0.171 e. The van der Waals surface area contributed by atoms with Gasteiger partial charge >= 0.3 is 0 Å². The smallest absolute Gasteiger partial charge is 0.162 e. The van der Waals surface area contributed by atoms with Crippen molar-refractivity contribution >= 4 is 0 Å². The van der Waals surface area contributed by atoms with Crippen LogP contribution < -0.4 is 0 Å². The number of nitrogens with zero attached hydrogens (tertiary/aromatic N) is 4. The van der Waals surface area contributed by atoms with Crippen LogP contribution in [0.5, 0.6) is 0 Å². The van der Waals surface area contributed by atoms with Gasteiger partial charge in [0.25, 0.3) is 0 Å². The van der Waals surface area contributed by atoms with Crippen molar-refractivity contribution in [3.63, 3.8) is 0 Å². The molecule has 1 radical (unpaired) electrons. The first kappa shape index (κ1) is 4.23. The van der Waals surface area contributed by atoms with Gasteiger partial charge in [0.15, 0.2) is 5.82 Å². The minimum absolute atomic E-state index is 0.648. The molecular weight excluding hydrogens is 92.1 g/mol. The maximum absolute atomic E-state index is 3.69. The van der Waals surface area contributed by atoms with Gasteiger partial charge in [0.1, 0.15) is 0 Å². The zero-order valence-electron chi connectivity index (χ0n) is 4.00. The minimum Gasteiger partial charge on any atom is -0.162 e. The summed E-state index contributed by atoms with van der Waals surface area (Å²) in [5, 5.41) is 10.7. The van der Waals surface area contributed by atoms with E-state index in [1.165, 1.54) is 4.80 Å². The number of hydrogen-bond acceptors (Lipinski definition) is 3. The molecule has 0 atom stereocenters. The van der Waals surface area contributed by atoms with Crippen molar-refractivity contribution in [3.05, 3.63) is 12.9 Å². The third kappa shape index (κ3) is 0.734. The quantitative estimate of drug-likeness (QED) is 0.443. The van der Waals surface area contributed by atoms with Crippen molar-refractivity contribution in [1.29, 1.82) is 0 Å². The van der Waals surface area contributed by atoms with Crippen LogP contribution in [0.3, 0.4) is 0 Å². The first-order valence-corrected chi connectivity index (χ1v) is 1.86. The van der Waals surface area contributed by atoms with E-state index in [-0.39, 0.29) is 0 Å². The van der Waals surface area contributed by atoms with Crippen LogP contribution in [0.2, 0.25) is 0 Å². The van der Waals surface area contributed by atoms with Crippen LogP contribution in [0.25, 0.3) is 0 Å². The summed E-state index contributed by atoms with van der Waals surface area (Å²) >= 11 is 0. The Hall–Kier alpha value is -0.930. The van der Waals surface area contributed by atoms with Crippen LogP contribution in [-0.2, 0) is 0 Å². The molecule has 0 bridgehead atoms. The molecule has 0 aliphatic heterocycles. The van der Waals surface area contributed by atoms with Gasteiger partial charge in [-0.05, 0) is 12.1 Å². The third-order valence-corrected chi connectivity index (χ3v) is 0.553. The number of hydrogen-bond donors (Lipinski definition) is 0. The maximum atomic E-state index is 3.69. The summed E-state index contributed by atoms with van der Waals surface area (Å²) in [5.74, 6) is 0.648. The first-order valence-electron chi connectivity index (χ1n) is 1.86. The van der Waals surface area contributed by atoms with Gasteiger partial charge in [-0.3, -0.25) is 0 Å². The Bertz CT molecular complexity index is 139. The van der Waals surface area contributed by atoms with Gasteiger partial charge in [-0.2, -0.15) is 4.80 Å². The molecule has 0 saturated carbocycles. The van der Waals surface area contributed by atoms with Gasteiger partial charge in [-0.1, -0.05) is 0 Å². The van der Waals surface area contributed by atoms with Crippen molar-refractivity contribution in [3.8, 4) is 0 Å². The molecule has 1 rings (SSSR count). The fourth-order valence-electron chi connectivity index (χ4n) is 0.323. The van der Waals surface area contributed by atoms with E-state index in [2.05, 4.69) is 22.5 Å². The highest BCUT2D eigenvalue weighted by Gasteiger charge is 1.85. The number of aromatic nitrogens is 4. The topological polar surface area (TPSA) is 43.6 Å². The Morgan fingerprint density at radius 3 is 2.57 bits per heavy atom. The number of tetrazole rings is 1. The summed E-state index contributed by atoms with van der Waals surface area (Å²) < 4.78 is 0. The van der Waals surface area contributed by atoms with Gasteiger partial charge in [-0.25, -0.2) is 0 Å². The normalized spacial score (nSPS) is 9.43. The van der Waals surface area contributed by atoms with E-state index in [1.807, 2.05) is 0 Å². The second-order valence-corrected chi connectivity index (χ2v) is 1.21. The monoisotopic (exact) mass is 97.1 g/mol. The molecule has 0 aliphatic rings. The summed E-state index contributed by atoms with van der Waals surface area (Å²) in [6.07, 6.45) is 0. The molecule has 0 amide bonds. The molecule has 0 saturated heterocycles. The van der Waals surface area contributed by atoms with E-state index in [9.17, 15) is 0 Å². The van der Waals surface area contributed by atoms with E-state index >= 15 is 0 Å². The lowest BCUT2D eigenvalue weighted by atomic mass is 10.8. The largest absolute Gasteiger partial charge is 0.171 e. The van der Waals surface area contributed by atoms with Crippen molar-refractivity contribution in [2.45, 2.75) is 6.92 Å². The van der Waals surface area contributed by atoms with E-state index in [0.29, 0.717) is 5.82 Å². The Morgan fingerprint density at radius 2 is 2.43 bits per heavy atom. The fourth-order valence-corrected chi connectivity index (χ4v) is 0.323. The molecule has 4 heteroatoms. The molecule has 37 valence electrons. The van der Waals surface area contributed by atoms with Crippen molar-refractivity contribution in [2.75, 3.05) is 0 Å². The molecule has 0 fully saturated rings. The Balaban J connectivity index is 3.04. The van der Waals surface area contributed by atoms with Crippen LogP contribution in [-0.4, -0.2) is 20.2 Å². The highest BCUT2D eigenvalue weighted by Crippen LogP contribution is 1.74. The SMILES string of the molecule is [CH2]n1nnc(C)n1. The van der Waals surface area contributed by atoms with Crippen molar-refractivity contribution < 1.29 is 0 Å². The highest BCUT2D eigenvalue weighted by molar-refractivity contribution is 4.66. The molecule has 1 aromatic heterocycles. The molecule has 0 aliphatic carbocycles. The second kappa shape index (κ2) is 1.29. The van der Waals surface area contributed by atoms with Gasteiger partial charge in [0.2, 0.25) is 0 Å². The zero-order valence-corrected chi connectivity index (χ0v) is 4.00. The first-order chi connectivity index (χ1) is 3.29. The van der Waals surface area contributed by atoms with Crippen LogP contribution in [0.4, 0.5) is 0 Å². The molecule has 4 nitrogen and oxygen atoms in total. The highest BCUT2D eigenvalue weighted by atomic mass is 15.6. The average Bonchev–Trinajstić information content (AvgIpc) is 1.87. The molecule has 1 heterocycles. The Labute approximate surface area is 41.1 Å². The van der Waals surface area contributed by atoms with Gasteiger partial charge < -0.3 is 0 Å². The zero-order chi connectivity index (χ0) is 5.28. The lowest BCUT2D eigenvalue weighted by Gasteiger charge is -1.73. The lowest BCUT2D eigenvalue weighted by Crippen LogP contribution is -1.88. The molecule has 0 unspecified atom stereocenters. The van der Waals surface area contributed by atoms with Crippen LogP contribution >= 0.6 is 0 Å². The number of aryl methyl sites for hydroxylation is 1. The summed E-state index contributed by atoms with van der Waals surface area (Å²) in [6, 6.07) is 0. The van der Waals surface area contributed by atoms with E-state index in [1.54, 1.807) is 6.92 Å². The van der Waals surface area contributed by atoms with Gasteiger partial charge in [-0.15, -0.1) is 10.2 Å². The summed E-state index contributed by atoms with van der Waals surface area (Å²) in [7, 11) is 3.37. The van der Waals surface area contributed by atoms with Gasteiger partial charge in [0.05, 0.1) is 7.05 Å². The van der Waals surface area contributed by atoms with Crippen LogP contribution in [0, 0.1) is 14.0 Å². The third-order valence-electron chi connectivity index (χ3n) is 0.553. The number of rotatable bonds is 0. The summed E-state index contributed by atoms with van der Waals surface area (Å²) in [6.45, 7) is 1.76. The minimum atomic E-state index is 0.648. The summed E-state index contributed by atoms with van der Waals surface area (Å²) in [4.78, 5) is 1.18. The standard InChI is InChI=1S/C3H5N4/c1-3-4-6-7(2)5-3/h2H2,1H3. The van der Waals surface area contributed by atoms with E-state index in [4.69, 9.17) is 0 Å². The molecule has 7 heavy (non-hydrogen) atoms. The average molecular weight is 97.1 g/mol.